The van der Waals surface area contributed by atoms with Crippen LogP contribution in [0.4, 0.5) is 9.18 Å². The zero-order chi connectivity index (χ0) is 17.9. The molecule has 1 aliphatic rings. The van der Waals surface area contributed by atoms with Crippen molar-refractivity contribution >= 4 is 12.0 Å². The van der Waals surface area contributed by atoms with Gasteiger partial charge < -0.3 is 9.64 Å². The summed E-state index contributed by atoms with van der Waals surface area (Å²) in [5, 5.41) is 0. The first-order valence-corrected chi connectivity index (χ1v) is 8.00. The van der Waals surface area contributed by atoms with Crippen molar-refractivity contribution in [1.29, 1.82) is 0 Å². The number of carbonyl (C=O) groups is 2. The Kier molecular flexibility index (Phi) is 5.43. The molecule has 0 spiro atoms. The second-order valence-electron chi connectivity index (χ2n) is 6.92. The number of nitrogen functional groups attached to an aromatic ring is 1. The summed E-state index contributed by atoms with van der Waals surface area (Å²) in [6.07, 6.45) is 0.881. The second kappa shape index (κ2) is 7.17. The summed E-state index contributed by atoms with van der Waals surface area (Å²) in [6.45, 7) is 6.45. The van der Waals surface area contributed by atoms with E-state index < -0.39 is 17.3 Å². The monoisotopic (exact) mass is 337 g/mol. The van der Waals surface area contributed by atoms with E-state index in [-0.39, 0.29) is 17.6 Å². The van der Waals surface area contributed by atoms with Gasteiger partial charge in [0.25, 0.3) is 5.91 Å². The molecule has 1 fully saturated rings. The quantitative estimate of drug-likeness (QED) is 0.493. The molecule has 1 saturated heterocycles. The van der Waals surface area contributed by atoms with Crippen LogP contribution in [0.1, 0.15) is 55.5 Å². The average molecular weight is 337 g/mol. The van der Waals surface area contributed by atoms with Crippen LogP contribution in [-0.2, 0) is 4.74 Å². The minimum atomic E-state index is -0.652. The van der Waals surface area contributed by atoms with Gasteiger partial charge in [0.2, 0.25) is 0 Å². The van der Waals surface area contributed by atoms with Gasteiger partial charge in [0.1, 0.15) is 11.4 Å². The molecule has 1 aromatic rings. The van der Waals surface area contributed by atoms with Gasteiger partial charge in [-0.1, -0.05) is 12.1 Å². The van der Waals surface area contributed by atoms with Crippen LogP contribution in [0.5, 0.6) is 0 Å². The molecule has 24 heavy (non-hydrogen) atoms. The number of likely N-dealkylation sites (tertiary alicyclic amines) is 1. The van der Waals surface area contributed by atoms with Crippen molar-refractivity contribution in [2.45, 2.75) is 45.1 Å². The maximum Gasteiger partial charge on any atom is 0.410 e. The number of rotatable bonds is 2. The molecule has 1 heterocycles. The number of nitrogens with one attached hydrogen (secondary N) is 1. The predicted molar refractivity (Wildman–Crippen MR) is 87.8 cm³/mol. The zero-order valence-corrected chi connectivity index (χ0v) is 14.3. The molecule has 1 aliphatic heterocycles. The molecule has 0 aliphatic carbocycles. The number of nitrogens with zero attached hydrogens (tertiary/aromatic N) is 1. The molecule has 0 radical (unpaired) electrons. The molecule has 0 bridgehead atoms. The van der Waals surface area contributed by atoms with Crippen molar-refractivity contribution < 1.29 is 18.7 Å². The first-order chi connectivity index (χ1) is 11.2. The summed E-state index contributed by atoms with van der Waals surface area (Å²) in [7, 11) is 0. The Morgan fingerprint density at radius 1 is 1.29 bits per heavy atom. The Morgan fingerprint density at radius 2 is 1.92 bits per heavy atom. The van der Waals surface area contributed by atoms with E-state index in [1.165, 1.54) is 6.07 Å². The lowest BCUT2D eigenvalue weighted by atomic mass is 9.88. The van der Waals surface area contributed by atoms with E-state index in [2.05, 4.69) is 0 Å². The topological polar surface area (TPSA) is 84.7 Å². The second-order valence-corrected chi connectivity index (χ2v) is 6.92. The molecule has 1 aromatic carbocycles. The average Bonchev–Trinajstić information content (AvgIpc) is 2.53. The van der Waals surface area contributed by atoms with E-state index in [4.69, 9.17) is 10.6 Å². The fourth-order valence-corrected chi connectivity index (χ4v) is 2.82. The highest BCUT2D eigenvalue weighted by atomic mass is 19.1. The van der Waals surface area contributed by atoms with Crippen molar-refractivity contribution in [3.63, 3.8) is 0 Å². The molecule has 2 rings (SSSR count). The van der Waals surface area contributed by atoms with Crippen LogP contribution in [0.15, 0.2) is 18.2 Å². The van der Waals surface area contributed by atoms with Crippen LogP contribution < -0.4 is 11.3 Å². The van der Waals surface area contributed by atoms with Crippen LogP contribution >= 0.6 is 0 Å². The molecular weight excluding hydrogens is 313 g/mol. The largest absolute Gasteiger partial charge is 0.444 e. The number of hydrogen-bond acceptors (Lipinski definition) is 4. The van der Waals surface area contributed by atoms with Crippen molar-refractivity contribution in [1.82, 2.24) is 10.3 Å². The highest BCUT2D eigenvalue weighted by Crippen LogP contribution is 2.31. The molecule has 132 valence electrons. The van der Waals surface area contributed by atoms with Gasteiger partial charge in [0, 0.05) is 13.1 Å². The van der Waals surface area contributed by atoms with Gasteiger partial charge in [-0.05, 0) is 51.2 Å². The number of hydrazine groups is 1. The standard InChI is InChI=1S/C17H24FN3O3/c1-17(2,3)24-16(23)21-9-7-11(8-10-21)12-5-4-6-13(14(12)18)15(22)20-19/h4-6,11H,7-10,19H2,1-3H3,(H,20,22). The molecule has 7 heteroatoms. The molecule has 2 amide bonds. The van der Waals surface area contributed by atoms with Crippen molar-refractivity contribution in [2.24, 2.45) is 5.84 Å². The summed E-state index contributed by atoms with van der Waals surface area (Å²) in [4.78, 5) is 25.3. The van der Waals surface area contributed by atoms with Crippen LogP contribution in [0, 0.1) is 5.82 Å². The molecule has 0 atom stereocenters. The van der Waals surface area contributed by atoms with Crippen LogP contribution in [0.2, 0.25) is 0 Å². The number of piperidine rings is 1. The molecule has 6 nitrogen and oxygen atoms in total. The molecule has 0 unspecified atom stereocenters. The van der Waals surface area contributed by atoms with E-state index in [1.54, 1.807) is 17.0 Å². The van der Waals surface area contributed by atoms with Crippen molar-refractivity contribution in [3.05, 3.63) is 35.1 Å². The van der Waals surface area contributed by atoms with Crippen molar-refractivity contribution in [2.75, 3.05) is 13.1 Å². The van der Waals surface area contributed by atoms with E-state index in [0.29, 0.717) is 31.5 Å². The molecular formula is C17H24FN3O3. The number of amides is 2. The van der Waals surface area contributed by atoms with E-state index >= 15 is 0 Å². The number of benzene rings is 1. The molecule has 0 saturated carbocycles. The Labute approximate surface area is 141 Å². The number of hydrogen-bond donors (Lipinski definition) is 2. The van der Waals surface area contributed by atoms with E-state index in [1.807, 2.05) is 26.2 Å². The van der Waals surface area contributed by atoms with Crippen molar-refractivity contribution in [3.8, 4) is 0 Å². The van der Waals surface area contributed by atoms with Gasteiger partial charge in [-0.15, -0.1) is 0 Å². The summed E-state index contributed by atoms with van der Waals surface area (Å²) < 4.78 is 19.9. The Hall–Kier alpha value is -2.15. The molecule has 0 aromatic heterocycles. The minimum Gasteiger partial charge on any atom is -0.444 e. The smallest absolute Gasteiger partial charge is 0.410 e. The lowest BCUT2D eigenvalue weighted by Crippen LogP contribution is -2.41. The third kappa shape index (κ3) is 4.23. The number of ether oxygens (including phenoxy) is 1. The highest BCUT2D eigenvalue weighted by Gasteiger charge is 2.29. The maximum absolute atomic E-state index is 14.6. The zero-order valence-electron chi connectivity index (χ0n) is 14.3. The van der Waals surface area contributed by atoms with Crippen LogP contribution in [0.3, 0.4) is 0 Å². The molecule has 3 N–H and O–H groups in total. The van der Waals surface area contributed by atoms with Gasteiger partial charge in [0.15, 0.2) is 0 Å². The lowest BCUT2D eigenvalue weighted by Gasteiger charge is -2.33. The Morgan fingerprint density at radius 3 is 2.46 bits per heavy atom. The van der Waals surface area contributed by atoms with E-state index in [0.717, 1.165) is 0 Å². The first kappa shape index (κ1) is 18.2. The highest BCUT2D eigenvalue weighted by molar-refractivity contribution is 5.94. The SMILES string of the molecule is CC(C)(C)OC(=O)N1CCC(c2cccc(C(=O)NN)c2F)CC1. The number of nitrogens with two attached hydrogens (primary N) is 1. The summed E-state index contributed by atoms with van der Waals surface area (Å²) in [5.74, 6) is 3.83. The van der Waals surface area contributed by atoms with Gasteiger partial charge in [-0.25, -0.2) is 15.0 Å². The van der Waals surface area contributed by atoms with Gasteiger partial charge in [-0.2, -0.15) is 0 Å². The van der Waals surface area contributed by atoms with Gasteiger partial charge >= 0.3 is 6.09 Å². The van der Waals surface area contributed by atoms with Crippen LogP contribution in [0.25, 0.3) is 0 Å². The fourth-order valence-electron chi connectivity index (χ4n) is 2.82. The lowest BCUT2D eigenvalue weighted by molar-refractivity contribution is 0.0204. The van der Waals surface area contributed by atoms with Crippen LogP contribution in [-0.4, -0.2) is 35.6 Å². The third-order valence-electron chi connectivity index (χ3n) is 3.99. The number of carbonyl (C=O) groups excluding carboxylic acids is 2. The number of halogens is 1. The van der Waals surface area contributed by atoms with Gasteiger partial charge in [-0.3, -0.25) is 10.2 Å². The van der Waals surface area contributed by atoms with Gasteiger partial charge in [0.05, 0.1) is 5.56 Å². The third-order valence-corrected chi connectivity index (χ3v) is 3.99. The minimum absolute atomic E-state index is 0.0470. The summed E-state index contributed by atoms with van der Waals surface area (Å²) in [6, 6.07) is 4.72. The summed E-state index contributed by atoms with van der Waals surface area (Å²) >= 11 is 0. The normalized spacial score (nSPS) is 16.0. The summed E-state index contributed by atoms with van der Waals surface area (Å²) in [5.41, 5.74) is 1.83. The van der Waals surface area contributed by atoms with E-state index in [9.17, 15) is 14.0 Å². The predicted octanol–water partition coefficient (Wildman–Crippen LogP) is 2.54. The Balaban J connectivity index is 2.05. The first-order valence-electron chi connectivity index (χ1n) is 8.00. The fraction of sp³-hybridized carbons (Fsp3) is 0.529. The maximum atomic E-state index is 14.6. The Bertz CT molecular complexity index is 620.